The fraction of sp³-hybridized carbons (Fsp3) is 0.714. The largest absolute Gasteiger partial charge is 0.457 e. The van der Waals surface area contributed by atoms with Crippen LogP contribution in [0.15, 0.2) is 0 Å². The van der Waals surface area contributed by atoms with Gasteiger partial charge in [-0.15, -0.1) is 0 Å². The maximum Gasteiger partial charge on any atom is 0.405 e. The number of amides is 1. The number of hydrogen-bond donors (Lipinski definition) is 1. The minimum absolute atomic E-state index is 0.438. The Hall–Kier alpha value is -1.26. The van der Waals surface area contributed by atoms with Crippen LogP contribution < -0.4 is 5.73 Å². The third-order valence-corrected chi connectivity index (χ3v) is 0.752. The zero-order chi connectivity index (χ0) is 9.78. The maximum absolute atomic E-state index is 10.8. The zero-order valence-corrected chi connectivity index (χ0v) is 7.42. The van der Waals surface area contributed by atoms with Gasteiger partial charge in [0.15, 0.2) is 6.61 Å². The van der Waals surface area contributed by atoms with Crippen molar-refractivity contribution < 1.29 is 19.1 Å². The third-order valence-electron chi connectivity index (χ3n) is 0.752. The van der Waals surface area contributed by atoms with E-state index in [1.807, 2.05) is 0 Å². The molecule has 0 spiro atoms. The number of esters is 1. The van der Waals surface area contributed by atoms with Gasteiger partial charge in [0.25, 0.3) is 0 Å². The highest BCUT2D eigenvalue weighted by Crippen LogP contribution is 2.06. The standard InChI is InChI=1S/C7H13NO4/c1-7(2,3)12-5(9)4-11-6(8)10/h4H2,1-3H3,(H2,8,10). The fourth-order valence-corrected chi connectivity index (χ4v) is 0.501. The lowest BCUT2D eigenvalue weighted by atomic mass is 10.2. The Morgan fingerprint density at radius 3 is 2.17 bits per heavy atom. The normalized spacial score (nSPS) is 10.6. The molecule has 70 valence electrons. The molecule has 0 aromatic rings. The van der Waals surface area contributed by atoms with Crippen LogP contribution in [0, 0.1) is 0 Å². The molecule has 0 atom stereocenters. The summed E-state index contributed by atoms with van der Waals surface area (Å²) in [5.74, 6) is -0.610. The molecular weight excluding hydrogens is 162 g/mol. The number of carbonyl (C=O) groups excluding carboxylic acids is 2. The number of hydrogen-bond acceptors (Lipinski definition) is 4. The SMILES string of the molecule is CC(C)(C)OC(=O)COC(N)=O. The first-order valence-corrected chi connectivity index (χ1v) is 3.45. The number of ether oxygens (including phenoxy) is 2. The van der Waals surface area contributed by atoms with Gasteiger partial charge in [-0.3, -0.25) is 0 Å². The van der Waals surface area contributed by atoms with E-state index in [1.54, 1.807) is 20.8 Å². The highest BCUT2D eigenvalue weighted by Gasteiger charge is 2.16. The van der Waals surface area contributed by atoms with E-state index in [0.29, 0.717) is 0 Å². The van der Waals surface area contributed by atoms with Crippen molar-refractivity contribution in [1.82, 2.24) is 0 Å². The van der Waals surface area contributed by atoms with Gasteiger partial charge in [0.05, 0.1) is 0 Å². The summed E-state index contributed by atoms with van der Waals surface area (Å²) in [7, 11) is 0. The fourth-order valence-electron chi connectivity index (χ4n) is 0.501. The van der Waals surface area contributed by atoms with Crippen LogP contribution >= 0.6 is 0 Å². The lowest BCUT2D eigenvalue weighted by molar-refractivity contribution is -0.158. The second-order valence-electron chi connectivity index (χ2n) is 3.19. The molecule has 0 bridgehead atoms. The van der Waals surface area contributed by atoms with Gasteiger partial charge in [0, 0.05) is 0 Å². The second-order valence-corrected chi connectivity index (χ2v) is 3.19. The lowest BCUT2D eigenvalue weighted by Crippen LogP contribution is -2.28. The minimum Gasteiger partial charge on any atom is -0.457 e. The van der Waals surface area contributed by atoms with E-state index in [2.05, 4.69) is 10.5 Å². The Bertz CT molecular complexity index is 182. The van der Waals surface area contributed by atoms with Crippen LogP contribution in [0.25, 0.3) is 0 Å². The van der Waals surface area contributed by atoms with Gasteiger partial charge >= 0.3 is 12.1 Å². The second kappa shape index (κ2) is 3.94. The number of rotatable bonds is 2. The first-order valence-electron chi connectivity index (χ1n) is 3.45. The maximum atomic E-state index is 10.8. The summed E-state index contributed by atoms with van der Waals surface area (Å²) in [6.07, 6.45) is -0.985. The van der Waals surface area contributed by atoms with E-state index in [0.717, 1.165) is 0 Å². The van der Waals surface area contributed by atoms with Crippen molar-refractivity contribution in [3.63, 3.8) is 0 Å². The molecule has 0 saturated carbocycles. The smallest absolute Gasteiger partial charge is 0.405 e. The highest BCUT2D eigenvalue weighted by molar-refractivity contribution is 5.75. The molecule has 0 aromatic carbocycles. The molecule has 0 saturated heterocycles. The predicted molar refractivity (Wildman–Crippen MR) is 41.4 cm³/mol. The van der Waals surface area contributed by atoms with Crippen molar-refractivity contribution >= 4 is 12.1 Å². The van der Waals surface area contributed by atoms with E-state index in [9.17, 15) is 9.59 Å². The van der Waals surface area contributed by atoms with Crippen LogP contribution in [0.3, 0.4) is 0 Å². The van der Waals surface area contributed by atoms with Crippen LogP contribution in [-0.2, 0) is 14.3 Å². The molecular formula is C7H13NO4. The summed E-state index contributed by atoms with van der Waals surface area (Å²) < 4.78 is 9.03. The molecule has 0 aromatic heterocycles. The van der Waals surface area contributed by atoms with E-state index in [4.69, 9.17) is 4.74 Å². The molecule has 0 aliphatic rings. The molecule has 0 heterocycles. The summed E-state index contributed by atoms with van der Waals surface area (Å²) >= 11 is 0. The van der Waals surface area contributed by atoms with Gasteiger partial charge in [-0.05, 0) is 20.8 Å². The summed E-state index contributed by atoms with van der Waals surface area (Å²) in [6, 6.07) is 0. The number of primary amides is 1. The van der Waals surface area contributed by atoms with Crippen molar-refractivity contribution in [2.45, 2.75) is 26.4 Å². The molecule has 5 nitrogen and oxygen atoms in total. The zero-order valence-electron chi connectivity index (χ0n) is 7.42. The van der Waals surface area contributed by atoms with E-state index < -0.39 is 24.3 Å². The van der Waals surface area contributed by atoms with E-state index in [-0.39, 0.29) is 0 Å². The van der Waals surface area contributed by atoms with Gasteiger partial charge in [0.2, 0.25) is 0 Å². The molecule has 0 fully saturated rings. The topological polar surface area (TPSA) is 78.6 Å². The number of nitrogens with two attached hydrogens (primary N) is 1. The van der Waals surface area contributed by atoms with Crippen molar-refractivity contribution in [1.29, 1.82) is 0 Å². The lowest BCUT2D eigenvalue weighted by Gasteiger charge is -2.18. The average Bonchev–Trinajstić information content (AvgIpc) is 1.79. The van der Waals surface area contributed by atoms with Gasteiger partial charge < -0.3 is 15.2 Å². The molecule has 0 radical (unpaired) electrons. The highest BCUT2D eigenvalue weighted by atomic mass is 16.6. The quantitative estimate of drug-likeness (QED) is 0.617. The predicted octanol–water partition coefficient (Wildman–Crippen LogP) is 0.423. The van der Waals surface area contributed by atoms with Gasteiger partial charge in [-0.2, -0.15) is 0 Å². The van der Waals surface area contributed by atoms with E-state index >= 15 is 0 Å². The summed E-state index contributed by atoms with van der Waals surface area (Å²) in [6.45, 7) is 4.71. The van der Waals surface area contributed by atoms with E-state index in [1.165, 1.54) is 0 Å². The van der Waals surface area contributed by atoms with Crippen molar-refractivity contribution in [3.05, 3.63) is 0 Å². The Labute approximate surface area is 70.8 Å². The van der Waals surface area contributed by atoms with Gasteiger partial charge in [0.1, 0.15) is 5.60 Å². The van der Waals surface area contributed by atoms with Gasteiger partial charge in [-0.25, -0.2) is 9.59 Å². The summed E-state index contributed by atoms with van der Waals surface area (Å²) in [5, 5.41) is 0. The van der Waals surface area contributed by atoms with Crippen molar-refractivity contribution in [2.75, 3.05) is 6.61 Å². The summed E-state index contributed by atoms with van der Waals surface area (Å²) in [4.78, 5) is 20.9. The Morgan fingerprint density at radius 2 is 1.83 bits per heavy atom. The first-order chi connectivity index (χ1) is 5.31. The van der Waals surface area contributed by atoms with Crippen LogP contribution in [0.2, 0.25) is 0 Å². The molecule has 1 amide bonds. The first kappa shape index (κ1) is 10.7. The van der Waals surface area contributed by atoms with Crippen molar-refractivity contribution in [3.8, 4) is 0 Å². The number of carbonyl (C=O) groups is 2. The average molecular weight is 175 g/mol. The van der Waals surface area contributed by atoms with Crippen molar-refractivity contribution in [2.24, 2.45) is 5.73 Å². The monoisotopic (exact) mass is 175 g/mol. The molecule has 0 unspecified atom stereocenters. The molecule has 5 heteroatoms. The Kier molecular flexibility index (Phi) is 3.53. The van der Waals surface area contributed by atoms with Crippen LogP contribution in [0.4, 0.5) is 4.79 Å². The Balaban J connectivity index is 3.68. The molecule has 0 rings (SSSR count). The van der Waals surface area contributed by atoms with Gasteiger partial charge in [-0.1, -0.05) is 0 Å². The van der Waals surface area contributed by atoms with Crippen LogP contribution in [0.1, 0.15) is 20.8 Å². The Morgan fingerprint density at radius 1 is 1.33 bits per heavy atom. The third kappa shape index (κ3) is 6.85. The summed E-state index contributed by atoms with van der Waals surface area (Å²) in [5.41, 5.74) is 4.06. The minimum atomic E-state index is -0.985. The molecule has 12 heavy (non-hydrogen) atoms. The molecule has 2 N–H and O–H groups in total. The van der Waals surface area contributed by atoms with Crippen LogP contribution in [0.5, 0.6) is 0 Å². The van der Waals surface area contributed by atoms with Crippen LogP contribution in [-0.4, -0.2) is 24.3 Å². The molecule has 0 aliphatic carbocycles. The molecule has 0 aliphatic heterocycles.